The fourth-order valence-corrected chi connectivity index (χ4v) is 1.78. The molecule has 2 rings (SSSR count). The molecule has 0 bridgehead atoms. The van der Waals surface area contributed by atoms with E-state index in [1.54, 1.807) is 5.38 Å². The molecule has 78 valence electrons. The number of rotatable bonds is 2. The monoisotopic (exact) mass is 226 g/mol. The lowest BCUT2D eigenvalue weighted by molar-refractivity contribution is -0.242. The van der Waals surface area contributed by atoms with E-state index < -0.39 is 11.8 Å². The van der Waals surface area contributed by atoms with E-state index in [1.165, 1.54) is 17.4 Å². The van der Waals surface area contributed by atoms with Crippen LogP contribution >= 0.6 is 11.3 Å². The zero-order valence-corrected chi connectivity index (χ0v) is 7.96. The zero-order valence-electron chi connectivity index (χ0n) is 7.14. The lowest BCUT2D eigenvalue weighted by atomic mass is 10.4. The van der Waals surface area contributed by atoms with Crippen molar-refractivity contribution in [2.45, 2.75) is 0 Å². The molecule has 15 heavy (non-hydrogen) atoms. The Morgan fingerprint density at radius 1 is 1.67 bits per heavy atom. The summed E-state index contributed by atoms with van der Waals surface area (Å²) in [6, 6.07) is 1.52. The minimum atomic E-state index is -1.44. The second kappa shape index (κ2) is 3.58. The molecule has 0 radical (unpaired) electrons. The average molecular weight is 226 g/mol. The Kier molecular flexibility index (Phi) is 2.26. The number of H-pyrrole nitrogens is 1. The topological polar surface area (TPSA) is 111 Å². The van der Waals surface area contributed by atoms with Gasteiger partial charge in [-0.05, 0) is 11.4 Å². The molecule has 0 unspecified atom stereocenters. The van der Waals surface area contributed by atoms with Gasteiger partial charge in [0.1, 0.15) is 11.0 Å². The van der Waals surface area contributed by atoms with Gasteiger partial charge in [-0.1, -0.05) is 0 Å². The van der Waals surface area contributed by atoms with E-state index in [2.05, 4.69) is 19.9 Å². The molecule has 2 heterocycles. The Morgan fingerprint density at radius 2 is 2.47 bits per heavy atom. The molecule has 0 saturated heterocycles. The third kappa shape index (κ3) is 1.89. The Hall–Kier alpha value is -2.09. The third-order valence-corrected chi connectivity index (χ3v) is 2.44. The first-order valence-electron chi connectivity index (χ1n) is 3.78. The number of carbonyl (C=O) groups is 1. The van der Waals surface area contributed by atoms with Crippen LogP contribution in [0.5, 0.6) is 0 Å². The Morgan fingerprint density at radius 3 is 3.07 bits per heavy atom. The third-order valence-electron chi connectivity index (χ3n) is 1.53. The van der Waals surface area contributed by atoms with E-state index in [0.717, 1.165) is 0 Å². The molecular weight excluding hydrogens is 222 g/mol. The van der Waals surface area contributed by atoms with Crippen LogP contribution in [-0.4, -0.2) is 16.3 Å². The van der Waals surface area contributed by atoms with Crippen molar-refractivity contribution in [1.82, 2.24) is 10.2 Å². The minimum absolute atomic E-state index is 0.0405. The summed E-state index contributed by atoms with van der Waals surface area (Å²) in [5.41, 5.74) is 0.273. The number of amides is 1. The summed E-state index contributed by atoms with van der Waals surface area (Å²) in [5.74, 6) is -0.656. The molecule has 0 aliphatic rings. The number of carbonyl (C=O) groups excluding carboxylic acids is 1. The molecule has 0 spiro atoms. The summed E-state index contributed by atoms with van der Waals surface area (Å²) in [6.07, 6.45) is -1.44. The van der Waals surface area contributed by atoms with Crippen molar-refractivity contribution in [2.24, 2.45) is 0 Å². The van der Waals surface area contributed by atoms with E-state index in [0.29, 0.717) is 4.88 Å². The smallest absolute Gasteiger partial charge is 0.434 e. The summed E-state index contributed by atoms with van der Waals surface area (Å²) >= 11 is 1.19. The maximum atomic E-state index is 10.7. The summed E-state index contributed by atoms with van der Waals surface area (Å²) in [4.78, 5) is 21.4. The fourth-order valence-electron chi connectivity index (χ4n) is 1.01. The molecule has 0 aromatic carbocycles. The van der Waals surface area contributed by atoms with Gasteiger partial charge in [0.15, 0.2) is 0 Å². The van der Waals surface area contributed by atoms with Crippen LogP contribution in [0.15, 0.2) is 20.7 Å². The number of carboxylic acid groups (broad SMARTS) is 1. The number of aromatic nitrogens is 2. The lowest BCUT2D eigenvalue weighted by Crippen LogP contribution is -2.28. The van der Waals surface area contributed by atoms with Gasteiger partial charge < -0.3 is 19.6 Å². The van der Waals surface area contributed by atoms with Gasteiger partial charge >= 0.3 is 5.76 Å². The highest BCUT2D eigenvalue weighted by atomic mass is 32.1. The Labute approximate surface area is 86.4 Å². The highest BCUT2D eigenvalue weighted by Crippen LogP contribution is 2.31. The van der Waals surface area contributed by atoms with Gasteiger partial charge in [-0.15, -0.1) is 16.4 Å². The molecule has 0 atom stereocenters. The second-order valence-electron chi connectivity index (χ2n) is 2.49. The summed E-state index contributed by atoms with van der Waals surface area (Å²) in [7, 11) is 0. The number of hydrogen-bond acceptors (Lipinski definition) is 6. The van der Waals surface area contributed by atoms with Gasteiger partial charge in [-0.25, -0.2) is 9.89 Å². The van der Waals surface area contributed by atoms with Crippen LogP contribution in [0.2, 0.25) is 0 Å². The molecule has 1 amide bonds. The van der Waals surface area contributed by atoms with Crippen LogP contribution in [-0.2, 0) is 0 Å². The van der Waals surface area contributed by atoms with Crippen LogP contribution in [0.4, 0.5) is 10.5 Å². The van der Waals surface area contributed by atoms with E-state index >= 15 is 0 Å². The lowest BCUT2D eigenvalue weighted by Gasteiger charge is -2.04. The van der Waals surface area contributed by atoms with Crippen LogP contribution in [0.1, 0.15) is 0 Å². The largest absolute Gasteiger partial charge is 0.530 e. The Balaban J connectivity index is 2.40. The number of nitrogens with zero attached hydrogens (tertiary/aromatic N) is 1. The summed E-state index contributed by atoms with van der Waals surface area (Å²) in [6.45, 7) is 0. The first kappa shape index (κ1) is 9.46. The van der Waals surface area contributed by atoms with Crippen LogP contribution in [0, 0.1) is 0 Å². The van der Waals surface area contributed by atoms with Crippen molar-refractivity contribution >= 4 is 23.1 Å². The summed E-state index contributed by atoms with van der Waals surface area (Å²) < 4.78 is 4.68. The quantitative estimate of drug-likeness (QED) is 0.739. The SMILES string of the molecule is O=C([O-])Nc1ccsc1-c1n[nH]c(=O)o1. The maximum absolute atomic E-state index is 10.7. The number of anilines is 1. The van der Waals surface area contributed by atoms with Crippen molar-refractivity contribution < 1.29 is 14.3 Å². The van der Waals surface area contributed by atoms with Crippen molar-refractivity contribution in [1.29, 1.82) is 0 Å². The van der Waals surface area contributed by atoms with Gasteiger partial charge in [-0.2, -0.15) is 0 Å². The molecule has 2 aromatic rings. The molecule has 2 N–H and O–H groups in total. The van der Waals surface area contributed by atoms with Gasteiger partial charge in [-0.3, -0.25) is 0 Å². The number of nitrogens with one attached hydrogen (secondary N) is 2. The molecule has 0 aliphatic carbocycles. The normalized spacial score (nSPS) is 10.1. The van der Waals surface area contributed by atoms with Crippen molar-refractivity contribution in [3.05, 3.63) is 22.0 Å². The molecule has 7 nitrogen and oxygen atoms in total. The minimum Gasteiger partial charge on any atom is -0.530 e. The van der Waals surface area contributed by atoms with Crippen molar-refractivity contribution in [3.8, 4) is 10.8 Å². The van der Waals surface area contributed by atoms with Gasteiger partial charge in [0.25, 0.3) is 5.89 Å². The number of hydrogen-bond donors (Lipinski definition) is 2. The van der Waals surface area contributed by atoms with Crippen LogP contribution in [0.3, 0.4) is 0 Å². The molecule has 8 heteroatoms. The maximum Gasteiger partial charge on any atom is 0.434 e. The molecule has 0 saturated carbocycles. The Bertz CT molecular complexity index is 540. The van der Waals surface area contributed by atoms with E-state index in [1.807, 2.05) is 0 Å². The highest BCUT2D eigenvalue weighted by molar-refractivity contribution is 7.14. The zero-order chi connectivity index (χ0) is 10.8. The van der Waals surface area contributed by atoms with Crippen molar-refractivity contribution in [3.63, 3.8) is 0 Å². The fraction of sp³-hybridized carbons (Fsp3) is 0. The molecular formula is C7H4N3O4S-. The van der Waals surface area contributed by atoms with Crippen LogP contribution in [0.25, 0.3) is 10.8 Å². The standard InChI is InChI=1S/C7H5N3O4S/c11-6(12)8-3-1-2-15-4(3)5-9-10-7(13)14-5/h1-2,8H,(H,10,13)(H,11,12)/p-1. The van der Waals surface area contributed by atoms with Crippen molar-refractivity contribution in [2.75, 3.05) is 5.32 Å². The highest BCUT2D eigenvalue weighted by Gasteiger charge is 2.12. The van der Waals surface area contributed by atoms with Crippen LogP contribution < -0.4 is 16.2 Å². The van der Waals surface area contributed by atoms with Gasteiger partial charge in [0.2, 0.25) is 0 Å². The second-order valence-corrected chi connectivity index (χ2v) is 3.41. The van der Waals surface area contributed by atoms with Gasteiger partial charge in [0.05, 0.1) is 5.69 Å². The molecule has 0 fully saturated rings. The first-order valence-corrected chi connectivity index (χ1v) is 4.66. The van der Waals surface area contributed by atoms with E-state index in [9.17, 15) is 14.7 Å². The predicted octanol–water partition coefficient (Wildman–Crippen LogP) is -0.153. The molecule has 2 aromatic heterocycles. The number of aromatic amines is 1. The predicted molar refractivity (Wildman–Crippen MR) is 49.5 cm³/mol. The first-order chi connectivity index (χ1) is 7.16. The van der Waals surface area contributed by atoms with E-state index in [4.69, 9.17) is 0 Å². The molecule has 0 aliphatic heterocycles. The van der Waals surface area contributed by atoms with Gasteiger partial charge in [0, 0.05) is 0 Å². The van der Waals surface area contributed by atoms with E-state index in [-0.39, 0.29) is 11.6 Å². The number of thiophene rings is 1. The summed E-state index contributed by atoms with van der Waals surface area (Å²) in [5, 5.41) is 19.7. The average Bonchev–Trinajstić information content (AvgIpc) is 2.72.